The molecule has 2 aliphatic rings. The third-order valence-electron chi connectivity index (χ3n) is 9.86. The quantitative estimate of drug-likeness (QED) is 0.218. The van der Waals surface area contributed by atoms with Crippen molar-refractivity contribution < 1.29 is 0 Å². The summed E-state index contributed by atoms with van der Waals surface area (Å²) >= 11 is 0. The fourth-order valence-electron chi connectivity index (χ4n) is 7.93. The first kappa shape index (κ1) is 24.9. The van der Waals surface area contributed by atoms with Crippen molar-refractivity contribution in [1.82, 2.24) is 9.97 Å². The van der Waals surface area contributed by atoms with Gasteiger partial charge in [0.1, 0.15) is 0 Å². The van der Waals surface area contributed by atoms with E-state index in [1.54, 1.807) is 0 Å². The molecule has 0 spiro atoms. The maximum Gasteiger partial charge on any atom is 0.0702 e. The normalized spacial score (nSPS) is 19.6. The van der Waals surface area contributed by atoms with Gasteiger partial charge in [-0.15, -0.1) is 0 Å². The van der Waals surface area contributed by atoms with Crippen LogP contribution in [0.25, 0.3) is 33.5 Å². The summed E-state index contributed by atoms with van der Waals surface area (Å²) in [6.45, 7) is 4.62. The van der Waals surface area contributed by atoms with Gasteiger partial charge >= 0.3 is 0 Å². The van der Waals surface area contributed by atoms with Gasteiger partial charge in [-0.25, -0.2) is 0 Å². The van der Waals surface area contributed by atoms with E-state index in [4.69, 9.17) is 4.98 Å². The van der Waals surface area contributed by atoms with E-state index < -0.39 is 0 Å². The topological polar surface area (TPSA) is 25.8 Å². The van der Waals surface area contributed by atoms with Gasteiger partial charge in [-0.1, -0.05) is 117 Å². The highest BCUT2D eigenvalue weighted by Gasteiger charge is 2.48. The number of hydrogen-bond acceptors (Lipinski definition) is 2. The van der Waals surface area contributed by atoms with Crippen LogP contribution in [-0.4, -0.2) is 9.97 Å². The van der Waals surface area contributed by atoms with Gasteiger partial charge < -0.3 is 0 Å². The first-order valence-corrected chi connectivity index (χ1v) is 15.1. The van der Waals surface area contributed by atoms with Crippen molar-refractivity contribution in [2.45, 2.75) is 37.5 Å². The zero-order valence-corrected chi connectivity index (χ0v) is 24.0. The Hall–Kier alpha value is -4.82. The molecule has 2 nitrogen and oxygen atoms in total. The second-order valence-electron chi connectivity index (χ2n) is 11.5. The third-order valence-corrected chi connectivity index (χ3v) is 9.86. The number of fused-ring (bicyclic) bond motifs is 6. The Morgan fingerprint density at radius 1 is 0.524 bits per heavy atom. The van der Waals surface area contributed by atoms with E-state index in [1.807, 2.05) is 12.3 Å². The Morgan fingerprint density at radius 2 is 1.14 bits per heavy atom. The van der Waals surface area contributed by atoms with Crippen molar-refractivity contribution in [3.63, 3.8) is 0 Å². The molecule has 42 heavy (non-hydrogen) atoms. The molecule has 6 aromatic rings. The number of rotatable bonds is 5. The zero-order chi connectivity index (χ0) is 28.3. The van der Waals surface area contributed by atoms with Crippen LogP contribution >= 0.6 is 0 Å². The van der Waals surface area contributed by atoms with E-state index in [-0.39, 0.29) is 10.8 Å². The molecule has 0 radical (unpaired) electrons. The SMILES string of the molecule is CCC1(c2ccc3c(n2)C(CC)(c2ccccc2)c2ccccc2-3)c2ccccc2-c2ccc(-c3ccccn3)cc21. The number of benzene rings is 4. The molecule has 0 saturated heterocycles. The van der Waals surface area contributed by atoms with Crippen molar-refractivity contribution in [2.24, 2.45) is 0 Å². The molecule has 2 unspecified atom stereocenters. The van der Waals surface area contributed by atoms with E-state index in [2.05, 4.69) is 140 Å². The highest BCUT2D eigenvalue weighted by Crippen LogP contribution is 2.57. The Balaban J connectivity index is 1.42. The van der Waals surface area contributed by atoms with Crippen LogP contribution in [0.4, 0.5) is 0 Å². The summed E-state index contributed by atoms with van der Waals surface area (Å²) in [6.07, 6.45) is 3.72. The molecule has 2 atom stereocenters. The van der Waals surface area contributed by atoms with E-state index in [0.717, 1.165) is 29.8 Å². The molecule has 2 heterocycles. The van der Waals surface area contributed by atoms with E-state index >= 15 is 0 Å². The van der Waals surface area contributed by atoms with Crippen LogP contribution in [0.1, 0.15) is 60.3 Å². The van der Waals surface area contributed by atoms with Gasteiger partial charge in [-0.2, -0.15) is 0 Å². The third kappa shape index (κ3) is 3.21. The van der Waals surface area contributed by atoms with E-state index in [9.17, 15) is 0 Å². The van der Waals surface area contributed by atoms with Crippen LogP contribution in [-0.2, 0) is 10.8 Å². The largest absolute Gasteiger partial charge is 0.256 e. The minimum Gasteiger partial charge on any atom is -0.256 e. The molecule has 0 aliphatic heterocycles. The van der Waals surface area contributed by atoms with Crippen LogP contribution in [0, 0.1) is 0 Å². The molecule has 0 saturated carbocycles. The predicted octanol–water partition coefficient (Wildman–Crippen LogP) is 9.59. The summed E-state index contributed by atoms with van der Waals surface area (Å²) in [5, 5.41) is 0. The summed E-state index contributed by atoms with van der Waals surface area (Å²) in [4.78, 5) is 10.5. The Morgan fingerprint density at radius 3 is 1.86 bits per heavy atom. The molecule has 4 aromatic carbocycles. The van der Waals surface area contributed by atoms with Crippen molar-refractivity contribution in [1.29, 1.82) is 0 Å². The Kier molecular flexibility index (Phi) is 5.55. The summed E-state index contributed by atoms with van der Waals surface area (Å²) in [5.41, 5.74) is 14.2. The van der Waals surface area contributed by atoms with Crippen LogP contribution in [0.2, 0.25) is 0 Å². The molecule has 0 fully saturated rings. The molecule has 202 valence electrons. The van der Waals surface area contributed by atoms with E-state index in [0.29, 0.717) is 0 Å². The van der Waals surface area contributed by atoms with E-state index in [1.165, 1.54) is 50.2 Å². The summed E-state index contributed by atoms with van der Waals surface area (Å²) in [6, 6.07) is 46.5. The molecule has 0 amide bonds. The minimum absolute atomic E-state index is 0.297. The molecule has 0 N–H and O–H groups in total. The summed E-state index contributed by atoms with van der Waals surface area (Å²) in [5.74, 6) is 0. The Labute approximate surface area is 247 Å². The van der Waals surface area contributed by atoms with Crippen LogP contribution in [0.5, 0.6) is 0 Å². The van der Waals surface area contributed by atoms with Crippen molar-refractivity contribution in [3.8, 4) is 33.5 Å². The molecule has 0 bridgehead atoms. The minimum atomic E-state index is -0.364. The molecule has 2 aromatic heterocycles. The second-order valence-corrected chi connectivity index (χ2v) is 11.5. The standard InChI is InChI=1S/C40H32N2/c1-3-39(28-14-6-5-7-15-28)33-18-10-9-17-30(33)32-23-24-37(42-38(32)39)40(4-2)34-19-11-8-16-29(34)31-22-21-27(26-35(31)40)36-20-12-13-25-41-36/h5-26H,3-4H2,1-2H3. The summed E-state index contributed by atoms with van der Waals surface area (Å²) in [7, 11) is 0. The number of nitrogens with zero attached hydrogens (tertiary/aromatic N) is 2. The zero-order valence-electron chi connectivity index (χ0n) is 24.0. The van der Waals surface area contributed by atoms with Gasteiger partial charge in [0, 0.05) is 17.3 Å². The van der Waals surface area contributed by atoms with Crippen molar-refractivity contribution in [2.75, 3.05) is 0 Å². The second kappa shape index (κ2) is 9.36. The lowest BCUT2D eigenvalue weighted by molar-refractivity contribution is 0.556. The van der Waals surface area contributed by atoms with Gasteiger partial charge in [0.15, 0.2) is 0 Å². The lowest BCUT2D eigenvalue weighted by Gasteiger charge is -2.34. The van der Waals surface area contributed by atoms with Gasteiger partial charge in [-0.05, 0) is 76.1 Å². The smallest absolute Gasteiger partial charge is 0.0702 e. The Bertz CT molecular complexity index is 1960. The molecular formula is C40H32N2. The number of aromatic nitrogens is 2. The lowest BCUT2D eigenvalue weighted by Crippen LogP contribution is -2.31. The number of hydrogen-bond donors (Lipinski definition) is 0. The average Bonchev–Trinajstić information content (AvgIpc) is 3.53. The fourth-order valence-corrected chi connectivity index (χ4v) is 7.93. The van der Waals surface area contributed by atoms with Crippen LogP contribution < -0.4 is 0 Å². The van der Waals surface area contributed by atoms with Crippen molar-refractivity contribution in [3.05, 3.63) is 167 Å². The van der Waals surface area contributed by atoms with Gasteiger partial charge in [0.2, 0.25) is 0 Å². The maximum absolute atomic E-state index is 5.78. The molecular weight excluding hydrogens is 508 g/mol. The van der Waals surface area contributed by atoms with Crippen LogP contribution in [0.15, 0.2) is 134 Å². The average molecular weight is 541 g/mol. The van der Waals surface area contributed by atoms with Gasteiger partial charge in [-0.3, -0.25) is 9.97 Å². The highest BCUT2D eigenvalue weighted by molar-refractivity contribution is 5.86. The molecule has 2 heteroatoms. The van der Waals surface area contributed by atoms with Crippen molar-refractivity contribution >= 4 is 0 Å². The highest BCUT2D eigenvalue weighted by atomic mass is 14.8. The first-order chi connectivity index (χ1) is 20.7. The van der Waals surface area contributed by atoms with Gasteiger partial charge in [0.25, 0.3) is 0 Å². The monoisotopic (exact) mass is 540 g/mol. The van der Waals surface area contributed by atoms with Crippen LogP contribution in [0.3, 0.4) is 0 Å². The lowest BCUT2D eigenvalue weighted by atomic mass is 9.70. The predicted molar refractivity (Wildman–Crippen MR) is 172 cm³/mol. The maximum atomic E-state index is 5.78. The molecule has 8 rings (SSSR count). The van der Waals surface area contributed by atoms with Gasteiger partial charge in [0.05, 0.1) is 27.9 Å². The summed E-state index contributed by atoms with van der Waals surface area (Å²) < 4.78 is 0. The fraction of sp³-hybridized carbons (Fsp3) is 0.150. The first-order valence-electron chi connectivity index (χ1n) is 15.1. The number of pyridine rings is 2. The molecule has 2 aliphatic carbocycles.